The van der Waals surface area contributed by atoms with Gasteiger partial charge in [-0.1, -0.05) is 6.42 Å². The highest BCUT2D eigenvalue weighted by Gasteiger charge is 2.43. The van der Waals surface area contributed by atoms with Crippen LogP contribution in [0.15, 0.2) is 17.0 Å². The summed E-state index contributed by atoms with van der Waals surface area (Å²) >= 11 is 3.50. The van der Waals surface area contributed by atoms with Gasteiger partial charge in [0.1, 0.15) is 12.1 Å². The van der Waals surface area contributed by atoms with Crippen LogP contribution in [0.2, 0.25) is 0 Å². The number of aromatic nitrogens is 2. The van der Waals surface area contributed by atoms with Crippen molar-refractivity contribution in [1.82, 2.24) is 9.97 Å². The Morgan fingerprint density at radius 1 is 1.33 bits per heavy atom. The molecule has 2 fully saturated rings. The van der Waals surface area contributed by atoms with E-state index >= 15 is 0 Å². The summed E-state index contributed by atoms with van der Waals surface area (Å²) in [4.78, 5) is 8.32. The Balaban J connectivity index is 1.77. The molecule has 1 unspecified atom stereocenters. The highest BCUT2D eigenvalue weighted by molar-refractivity contribution is 9.10. The molecule has 4 nitrogen and oxygen atoms in total. The molecule has 1 atom stereocenters. The van der Waals surface area contributed by atoms with Crippen molar-refractivity contribution in [3.8, 4) is 0 Å². The molecule has 1 N–H and O–H groups in total. The molecular formula is C13H18BrN3O. The van der Waals surface area contributed by atoms with E-state index in [1.54, 1.807) is 12.5 Å². The maximum atomic E-state index is 5.52. The first-order chi connectivity index (χ1) is 8.80. The van der Waals surface area contributed by atoms with E-state index in [1.165, 1.54) is 32.1 Å². The monoisotopic (exact) mass is 311 g/mol. The molecular weight excluding hydrogens is 294 g/mol. The minimum Gasteiger partial charge on any atom is -0.381 e. The minimum atomic E-state index is 0.419. The molecule has 0 bridgehead atoms. The van der Waals surface area contributed by atoms with Crippen LogP contribution in [0.25, 0.3) is 0 Å². The molecule has 1 spiro atoms. The second-order valence-electron chi connectivity index (χ2n) is 5.28. The highest BCUT2D eigenvalue weighted by atomic mass is 79.9. The van der Waals surface area contributed by atoms with E-state index in [0.717, 1.165) is 23.5 Å². The van der Waals surface area contributed by atoms with Crippen molar-refractivity contribution in [2.45, 2.75) is 38.1 Å². The van der Waals surface area contributed by atoms with Gasteiger partial charge in [-0.3, -0.25) is 0 Å². The minimum absolute atomic E-state index is 0.419. The summed E-state index contributed by atoms with van der Waals surface area (Å²) in [5.74, 6) is 0.919. The van der Waals surface area contributed by atoms with Crippen molar-refractivity contribution in [1.29, 1.82) is 0 Å². The number of hydrogen-bond acceptors (Lipinski definition) is 4. The van der Waals surface area contributed by atoms with Gasteiger partial charge < -0.3 is 10.1 Å². The zero-order chi connectivity index (χ0) is 12.4. The van der Waals surface area contributed by atoms with Crippen LogP contribution in [0, 0.1) is 5.41 Å². The van der Waals surface area contributed by atoms with Gasteiger partial charge in [0, 0.05) is 25.5 Å². The van der Waals surface area contributed by atoms with Gasteiger partial charge in [0.05, 0.1) is 4.47 Å². The van der Waals surface area contributed by atoms with Crippen molar-refractivity contribution in [3.05, 3.63) is 17.0 Å². The van der Waals surface area contributed by atoms with Crippen molar-refractivity contribution in [2.75, 3.05) is 18.5 Å². The summed E-state index contributed by atoms with van der Waals surface area (Å²) in [5, 5.41) is 3.62. The number of halogens is 1. The lowest BCUT2D eigenvalue weighted by Gasteiger charge is -2.39. The molecule has 18 heavy (non-hydrogen) atoms. The lowest BCUT2D eigenvalue weighted by Crippen LogP contribution is -2.40. The van der Waals surface area contributed by atoms with E-state index in [4.69, 9.17) is 4.74 Å². The molecule has 0 amide bonds. The van der Waals surface area contributed by atoms with Crippen molar-refractivity contribution in [3.63, 3.8) is 0 Å². The largest absolute Gasteiger partial charge is 0.381 e. The van der Waals surface area contributed by atoms with Crippen LogP contribution in [0.4, 0.5) is 5.82 Å². The second-order valence-corrected chi connectivity index (χ2v) is 6.14. The van der Waals surface area contributed by atoms with Crippen LogP contribution < -0.4 is 5.32 Å². The molecule has 1 saturated carbocycles. The van der Waals surface area contributed by atoms with E-state index in [2.05, 4.69) is 31.2 Å². The van der Waals surface area contributed by atoms with Crippen molar-refractivity contribution in [2.24, 2.45) is 5.41 Å². The predicted molar refractivity (Wildman–Crippen MR) is 73.5 cm³/mol. The number of rotatable bonds is 2. The normalized spacial score (nSPS) is 26.4. The van der Waals surface area contributed by atoms with Gasteiger partial charge in [-0.15, -0.1) is 0 Å². The molecule has 0 radical (unpaired) electrons. The van der Waals surface area contributed by atoms with Gasteiger partial charge in [-0.05, 0) is 47.0 Å². The number of hydrogen-bond donors (Lipinski definition) is 1. The molecule has 5 heteroatoms. The molecule has 1 aromatic rings. The Morgan fingerprint density at radius 2 is 2.17 bits per heavy atom. The molecule has 1 aliphatic heterocycles. The van der Waals surface area contributed by atoms with Crippen LogP contribution in [-0.2, 0) is 4.74 Å². The fraction of sp³-hybridized carbons (Fsp3) is 0.692. The van der Waals surface area contributed by atoms with Crippen LogP contribution in [-0.4, -0.2) is 29.2 Å². The van der Waals surface area contributed by atoms with Gasteiger partial charge >= 0.3 is 0 Å². The first-order valence-corrected chi connectivity index (χ1v) is 7.39. The van der Waals surface area contributed by atoms with Gasteiger partial charge in [-0.25, -0.2) is 9.97 Å². The van der Waals surface area contributed by atoms with Gasteiger partial charge in [-0.2, -0.15) is 0 Å². The summed E-state index contributed by atoms with van der Waals surface area (Å²) in [6, 6.07) is 0.521. The smallest absolute Gasteiger partial charge is 0.143 e. The topological polar surface area (TPSA) is 47.0 Å². The number of nitrogens with zero attached hydrogens (tertiary/aromatic N) is 2. The Hall–Kier alpha value is -0.680. The van der Waals surface area contributed by atoms with Crippen molar-refractivity contribution < 1.29 is 4.74 Å². The molecule has 2 aliphatic rings. The van der Waals surface area contributed by atoms with Gasteiger partial charge in [0.15, 0.2) is 0 Å². The predicted octanol–water partition coefficient (Wildman–Crippen LogP) is 3.00. The molecule has 1 aromatic heterocycles. The van der Waals surface area contributed by atoms with Crippen LogP contribution in [0.1, 0.15) is 32.1 Å². The first kappa shape index (κ1) is 12.4. The summed E-state index contributed by atoms with van der Waals surface area (Å²) in [7, 11) is 0. The molecule has 1 saturated heterocycles. The summed E-state index contributed by atoms with van der Waals surface area (Å²) < 4.78 is 6.46. The van der Waals surface area contributed by atoms with Gasteiger partial charge in [0.2, 0.25) is 0 Å². The van der Waals surface area contributed by atoms with E-state index in [9.17, 15) is 0 Å². The number of anilines is 1. The van der Waals surface area contributed by atoms with Crippen molar-refractivity contribution >= 4 is 21.7 Å². The van der Waals surface area contributed by atoms with Gasteiger partial charge in [0.25, 0.3) is 0 Å². The SMILES string of the molecule is Brc1cncnc1NC1CCCC12CCOCC2. The third-order valence-electron chi connectivity index (χ3n) is 4.37. The fourth-order valence-electron chi connectivity index (χ4n) is 3.32. The molecule has 2 heterocycles. The maximum Gasteiger partial charge on any atom is 0.143 e. The Morgan fingerprint density at radius 3 is 2.94 bits per heavy atom. The summed E-state index contributed by atoms with van der Waals surface area (Å²) in [6.45, 7) is 1.81. The molecule has 1 aliphatic carbocycles. The van der Waals surface area contributed by atoms with Crippen LogP contribution in [0.3, 0.4) is 0 Å². The summed E-state index contributed by atoms with van der Waals surface area (Å²) in [5.41, 5.74) is 0.419. The van der Waals surface area contributed by atoms with Crippen LogP contribution >= 0.6 is 15.9 Å². The van der Waals surface area contributed by atoms with E-state index in [0.29, 0.717) is 11.5 Å². The molecule has 98 valence electrons. The zero-order valence-corrected chi connectivity index (χ0v) is 11.9. The zero-order valence-electron chi connectivity index (χ0n) is 10.4. The molecule has 3 rings (SSSR count). The average Bonchev–Trinajstić information content (AvgIpc) is 2.76. The Bertz CT molecular complexity index is 420. The number of nitrogens with one attached hydrogen (secondary N) is 1. The lowest BCUT2D eigenvalue weighted by molar-refractivity contribution is 0.0134. The average molecular weight is 312 g/mol. The summed E-state index contributed by atoms with van der Waals surface area (Å²) in [6.07, 6.45) is 9.59. The maximum absolute atomic E-state index is 5.52. The fourth-order valence-corrected chi connectivity index (χ4v) is 3.66. The van der Waals surface area contributed by atoms with E-state index in [1.807, 2.05) is 0 Å². The second kappa shape index (κ2) is 5.13. The number of ether oxygens (including phenoxy) is 1. The van der Waals surface area contributed by atoms with E-state index in [-0.39, 0.29) is 0 Å². The standard InChI is InChI=1S/C13H18BrN3O/c14-10-8-15-9-16-12(10)17-11-2-1-3-13(11)4-6-18-7-5-13/h8-9,11H,1-7H2,(H,15,16,17). The highest BCUT2D eigenvalue weighted by Crippen LogP contribution is 2.47. The first-order valence-electron chi connectivity index (χ1n) is 6.60. The third-order valence-corrected chi connectivity index (χ3v) is 4.95. The lowest BCUT2D eigenvalue weighted by atomic mass is 9.75. The molecule has 0 aromatic carbocycles. The quantitative estimate of drug-likeness (QED) is 0.912. The third kappa shape index (κ3) is 2.26. The van der Waals surface area contributed by atoms with E-state index < -0.39 is 0 Å². The Labute approximate surface area is 116 Å². The Kier molecular flexibility index (Phi) is 3.52. The van der Waals surface area contributed by atoms with Crippen LogP contribution in [0.5, 0.6) is 0 Å².